The van der Waals surface area contributed by atoms with Crippen LogP contribution in [0.2, 0.25) is 0 Å². The average molecular weight is 292 g/mol. The van der Waals surface area contributed by atoms with Gasteiger partial charge in [-0.05, 0) is 19.9 Å². The van der Waals surface area contributed by atoms with Crippen LogP contribution in [0.5, 0.6) is 0 Å². The second kappa shape index (κ2) is 5.46. The Labute approximate surface area is 121 Å². The molecule has 0 radical (unpaired) electrons. The highest BCUT2D eigenvalue weighted by Gasteiger charge is 2.25. The molecule has 0 aromatic carbocycles. The number of ether oxygens (including phenoxy) is 1. The fraction of sp³-hybridized carbons (Fsp3) is 0.308. The van der Waals surface area contributed by atoms with Gasteiger partial charge in [0.1, 0.15) is 5.01 Å². The molecule has 2 heterocycles. The number of esters is 1. The number of rotatable bonds is 4. The van der Waals surface area contributed by atoms with E-state index in [2.05, 4.69) is 20.0 Å². The van der Waals surface area contributed by atoms with E-state index in [1.54, 1.807) is 6.20 Å². The fourth-order valence-electron chi connectivity index (χ4n) is 1.74. The number of hydrogen-bond acceptors (Lipinski definition) is 7. The van der Waals surface area contributed by atoms with Gasteiger partial charge in [-0.2, -0.15) is 0 Å². The molecule has 106 valence electrons. The topological polar surface area (TPSA) is 90.1 Å². The lowest BCUT2D eigenvalue weighted by atomic mass is 10.1. The molecule has 2 aromatic heterocycles. The van der Waals surface area contributed by atoms with Crippen molar-refractivity contribution in [1.29, 1.82) is 0 Å². The Morgan fingerprint density at radius 2 is 2.15 bits per heavy atom. The van der Waals surface area contributed by atoms with E-state index in [0.717, 1.165) is 5.01 Å². The Balaban J connectivity index is 2.33. The Morgan fingerprint density at radius 3 is 2.75 bits per heavy atom. The third-order valence-corrected chi connectivity index (χ3v) is 3.89. The van der Waals surface area contributed by atoms with Gasteiger partial charge in [0.2, 0.25) is 0 Å². The lowest BCUT2D eigenvalue weighted by Gasteiger charge is -2.25. The molecule has 0 amide bonds. The Bertz CT molecular complexity index is 611. The van der Waals surface area contributed by atoms with Crippen molar-refractivity contribution >= 4 is 28.8 Å². The van der Waals surface area contributed by atoms with Crippen molar-refractivity contribution in [2.75, 3.05) is 18.2 Å². The summed E-state index contributed by atoms with van der Waals surface area (Å²) < 4.78 is 4.69. The maximum absolute atomic E-state index is 11.6. The Kier molecular flexibility index (Phi) is 3.89. The SMILES string of the molecule is COC(=O)c1ccnc(NC(C)(C)c2nccs2)c1N. The molecule has 0 aliphatic heterocycles. The van der Waals surface area contributed by atoms with Crippen molar-refractivity contribution in [3.8, 4) is 0 Å². The predicted molar refractivity (Wildman–Crippen MR) is 78.8 cm³/mol. The van der Waals surface area contributed by atoms with Gasteiger partial charge in [-0.1, -0.05) is 0 Å². The summed E-state index contributed by atoms with van der Waals surface area (Å²) in [7, 11) is 1.31. The van der Waals surface area contributed by atoms with E-state index in [1.807, 2.05) is 19.2 Å². The molecule has 20 heavy (non-hydrogen) atoms. The van der Waals surface area contributed by atoms with Crippen LogP contribution in [0.15, 0.2) is 23.8 Å². The first-order valence-corrected chi connectivity index (χ1v) is 6.84. The van der Waals surface area contributed by atoms with E-state index in [-0.39, 0.29) is 5.69 Å². The van der Waals surface area contributed by atoms with Gasteiger partial charge in [-0.25, -0.2) is 14.8 Å². The highest BCUT2D eigenvalue weighted by molar-refractivity contribution is 7.09. The van der Waals surface area contributed by atoms with E-state index in [1.165, 1.54) is 30.7 Å². The molecule has 6 nitrogen and oxygen atoms in total. The van der Waals surface area contributed by atoms with E-state index < -0.39 is 11.5 Å². The molecule has 0 bridgehead atoms. The predicted octanol–water partition coefficient (Wildman–Crippen LogP) is 2.25. The van der Waals surface area contributed by atoms with Crippen molar-refractivity contribution < 1.29 is 9.53 Å². The van der Waals surface area contributed by atoms with Gasteiger partial charge >= 0.3 is 5.97 Å². The highest BCUT2D eigenvalue weighted by Crippen LogP contribution is 2.30. The maximum Gasteiger partial charge on any atom is 0.340 e. The number of carbonyl (C=O) groups is 1. The first-order chi connectivity index (χ1) is 9.45. The second-order valence-corrected chi connectivity index (χ2v) is 5.59. The molecule has 7 heteroatoms. The molecule has 2 aromatic rings. The zero-order valence-electron chi connectivity index (χ0n) is 11.5. The molecule has 0 saturated heterocycles. The molecule has 0 spiro atoms. The number of pyridine rings is 1. The molecule has 3 N–H and O–H groups in total. The van der Waals surface area contributed by atoms with Crippen LogP contribution in [-0.4, -0.2) is 23.0 Å². The normalized spacial score (nSPS) is 11.2. The maximum atomic E-state index is 11.6. The van der Waals surface area contributed by atoms with Gasteiger partial charge in [-0.15, -0.1) is 11.3 Å². The van der Waals surface area contributed by atoms with Gasteiger partial charge in [0.05, 0.1) is 23.9 Å². The van der Waals surface area contributed by atoms with Gasteiger partial charge in [-0.3, -0.25) is 0 Å². The largest absolute Gasteiger partial charge is 0.465 e. The average Bonchev–Trinajstić information content (AvgIpc) is 2.95. The number of nitrogens with one attached hydrogen (secondary N) is 1. The van der Waals surface area contributed by atoms with Crippen LogP contribution in [-0.2, 0) is 10.3 Å². The number of methoxy groups -OCH3 is 1. The first kappa shape index (κ1) is 14.3. The lowest BCUT2D eigenvalue weighted by Crippen LogP contribution is -2.29. The van der Waals surface area contributed by atoms with Crippen molar-refractivity contribution in [2.45, 2.75) is 19.4 Å². The number of anilines is 2. The number of nitrogen functional groups attached to an aromatic ring is 1. The summed E-state index contributed by atoms with van der Waals surface area (Å²) in [6, 6.07) is 1.53. The number of hydrogen-bond donors (Lipinski definition) is 2. The van der Waals surface area contributed by atoms with Crippen LogP contribution in [0.4, 0.5) is 11.5 Å². The minimum atomic E-state index is -0.486. The highest BCUT2D eigenvalue weighted by atomic mass is 32.1. The monoisotopic (exact) mass is 292 g/mol. The quantitative estimate of drug-likeness (QED) is 0.840. The number of carbonyl (C=O) groups excluding carboxylic acids is 1. The van der Waals surface area contributed by atoms with Crippen LogP contribution in [0.25, 0.3) is 0 Å². The third-order valence-electron chi connectivity index (χ3n) is 2.79. The molecule has 0 atom stereocenters. The molecular weight excluding hydrogens is 276 g/mol. The molecule has 0 fully saturated rings. The van der Waals surface area contributed by atoms with Crippen molar-refractivity contribution in [1.82, 2.24) is 9.97 Å². The Morgan fingerprint density at radius 1 is 1.40 bits per heavy atom. The Hall–Kier alpha value is -2.15. The molecule has 0 unspecified atom stereocenters. The number of thiazole rings is 1. The summed E-state index contributed by atoms with van der Waals surface area (Å²) in [5, 5.41) is 6.02. The summed E-state index contributed by atoms with van der Waals surface area (Å²) in [5.74, 6) is -0.0481. The smallest absolute Gasteiger partial charge is 0.340 e. The van der Waals surface area contributed by atoms with E-state index >= 15 is 0 Å². The minimum Gasteiger partial charge on any atom is -0.465 e. The first-order valence-electron chi connectivity index (χ1n) is 5.96. The molecular formula is C13H16N4O2S. The summed E-state index contributed by atoms with van der Waals surface area (Å²) in [5.41, 5.74) is 6.10. The van der Waals surface area contributed by atoms with Gasteiger partial charge in [0.15, 0.2) is 5.82 Å². The fourth-order valence-corrected chi connectivity index (χ4v) is 2.46. The second-order valence-electron chi connectivity index (χ2n) is 4.70. The zero-order valence-corrected chi connectivity index (χ0v) is 12.3. The minimum absolute atomic E-state index is 0.268. The molecule has 0 aliphatic carbocycles. The van der Waals surface area contributed by atoms with E-state index in [0.29, 0.717) is 11.4 Å². The zero-order chi connectivity index (χ0) is 14.8. The van der Waals surface area contributed by atoms with Crippen molar-refractivity contribution in [3.05, 3.63) is 34.4 Å². The lowest BCUT2D eigenvalue weighted by molar-refractivity contribution is 0.0602. The van der Waals surface area contributed by atoms with Crippen LogP contribution in [0.1, 0.15) is 29.2 Å². The summed E-state index contributed by atoms with van der Waals surface area (Å²) >= 11 is 1.54. The van der Waals surface area contributed by atoms with Crippen LogP contribution < -0.4 is 11.1 Å². The van der Waals surface area contributed by atoms with Crippen molar-refractivity contribution in [3.63, 3.8) is 0 Å². The number of aromatic nitrogens is 2. The van der Waals surface area contributed by atoms with Gasteiger partial charge < -0.3 is 15.8 Å². The third kappa shape index (κ3) is 2.72. The van der Waals surface area contributed by atoms with E-state index in [9.17, 15) is 4.79 Å². The summed E-state index contributed by atoms with van der Waals surface area (Å²) in [6.07, 6.45) is 3.26. The van der Waals surface area contributed by atoms with Crippen molar-refractivity contribution in [2.24, 2.45) is 0 Å². The molecule has 0 aliphatic rings. The number of nitrogens with two attached hydrogens (primary N) is 1. The number of nitrogens with zero attached hydrogens (tertiary/aromatic N) is 2. The standard InChI is InChI=1S/C13H16N4O2S/c1-13(2,12-16-6-7-20-12)17-10-9(14)8(4-5-15-10)11(18)19-3/h4-7H,14H2,1-3H3,(H,15,17). The summed E-state index contributed by atoms with van der Waals surface area (Å²) in [4.78, 5) is 20.1. The van der Waals surface area contributed by atoms with Gasteiger partial charge in [0, 0.05) is 17.8 Å². The molecule has 0 saturated carbocycles. The van der Waals surface area contributed by atoms with Gasteiger partial charge in [0.25, 0.3) is 0 Å². The van der Waals surface area contributed by atoms with Crippen LogP contribution in [0.3, 0.4) is 0 Å². The summed E-state index contributed by atoms with van der Waals surface area (Å²) in [6.45, 7) is 3.94. The van der Waals surface area contributed by atoms with Crippen LogP contribution >= 0.6 is 11.3 Å². The molecule has 2 rings (SSSR count). The van der Waals surface area contributed by atoms with E-state index in [4.69, 9.17) is 5.73 Å². The van der Waals surface area contributed by atoms with Crippen LogP contribution in [0, 0.1) is 0 Å².